The molecule has 0 aromatic rings. The first kappa shape index (κ1) is 26.2. The Morgan fingerprint density at radius 3 is 1.80 bits per heavy atom. The Labute approximate surface area is 182 Å². The van der Waals surface area contributed by atoms with Crippen molar-refractivity contribution in [1.82, 2.24) is 4.90 Å². The summed E-state index contributed by atoms with van der Waals surface area (Å²) >= 11 is 0. The monoisotopic (exact) mass is 422 g/mol. The molecule has 0 fully saturated rings. The lowest BCUT2D eigenvalue weighted by Crippen LogP contribution is -2.39. The standard InChI is InChI=1S/C24H42N2O4/c1-2-3-4-5-6-7-8-9-10-12-16-24(22(27)28,23(29)30)17-13-11-14-19-26-20-15-18-25-21-26/h15,18,20H,2-14,16-17,19,21H2,1H3,(H,27,28)(H,29,30). The van der Waals surface area contributed by atoms with Gasteiger partial charge in [0, 0.05) is 19.0 Å². The maximum atomic E-state index is 11.9. The molecule has 172 valence electrons. The van der Waals surface area contributed by atoms with E-state index in [4.69, 9.17) is 0 Å². The zero-order chi connectivity index (χ0) is 22.1. The topological polar surface area (TPSA) is 90.2 Å². The van der Waals surface area contributed by atoms with Crippen LogP contribution in [0.5, 0.6) is 0 Å². The van der Waals surface area contributed by atoms with E-state index in [0.29, 0.717) is 19.5 Å². The molecule has 0 radical (unpaired) electrons. The van der Waals surface area contributed by atoms with Gasteiger partial charge in [-0.15, -0.1) is 0 Å². The predicted molar refractivity (Wildman–Crippen MR) is 122 cm³/mol. The molecule has 30 heavy (non-hydrogen) atoms. The largest absolute Gasteiger partial charge is 0.480 e. The van der Waals surface area contributed by atoms with E-state index >= 15 is 0 Å². The lowest BCUT2D eigenvalue weighted by Gasteiger charge is -2.25. The molecule has 0 bridgehead atoms. The summed E-state index contributed by atoms with van der Waals surface area (Å²) in [5, 5.41) is 19.4. The molecule has 0 spiro atoms. The Balaban J connectivity index is 2.25. The second-order valence-electron chi connectivity index (χ2n) is 8.56. The third-order valence-electron chi connectivity index (χ3n) is 6.08. The quantitative estimate of drug-likeness (QED) is 0.201. The molecular weight excluding hydrogens is 380 g/mol. The van der Waals surface area contributed by atoms with E-state index in [9.17, 15) is 19.8 Å². The number of nitrogens with zero attached hydrogens (tertiary/aromatic N) is 2. The minimum Gasteiger partial charge on any atom is -0.480 e. The first-order valence-electron chi connectivity index (χ1n) is 11.9. The van der Waals surface area contributed by atoms with Crippen LogP contribution in [0.3, 0.4) is 0 Å². The first-order valence-corrected chi connectivity index (χ1v) is 11.9. The lowest BCUT2D eigenvalue weighted by molar-refractivity contribution is -0.166. The minimum atomic E-state index is -1.63. The average molecular weight is 423 g/mol. The SMILES string of the molecule is CCCCCCCCCCCCC(CCCCCN1C=CC=NC1)(C(=O)O)C(=O)O. The number of carboxylic acids is 2. The number of hydrogen-bond donors (Lipinski definition) is 2. The Bertz CT molecular complexity index is 531. The van der Waals surface area contributed by atoms with Crippen molar-refractivity contribution in [1.29, 1.82) is 0 Å². The normalized spacial score (nSPS) is 13.7. The molecule has 1 rings (SSSR count). The van der Waals surface area contributed by atoms with Crippen LogP contribution in [-0.4, -0.2) is 46.5 Å². The number of aliphatic imine (C=N–C) groups is 1. The van der Waals surface area contributed by atoms with Crippen LogP contribution in [0.1, 0.15) is 103 Å². The van der Waals surface area contributed by atoms with Gasteiger partial charge in [0.25, 0.3) is 0 Å². The lowest BCUT2D eigenvalue weighted by atomic mass is 9.78. The molecule has 0 saturated heterocycles. The summed E-state index contributed by atoms with van der Waals surface area (Å²) in [4.78, 5) is 30.0. The van der Waals surface area contributed by atoms with Gasteiger partial charge in [-0.2, -0.15) is 0 Å². The van der Waals surface area contributed by atoms with Gasteiger partial charge in [-0.1, -0.05) is 84.0 Å². The van der Waals surface area contributed by atoms with Crippen molar-refractivity contribution in [3.8, 4) is 0 Å². The number of rotatable bonds is 19. The molecule has 0 aromatic heterocycles. The molecule has 2 N–H and O–H groups in total. The fourth-order valence-corrected chi connectivity index (χ4v) is 4.04. The van der Waals surface area contributed by atoms with Crippen molar-refractivity contribution >= 4 is 18.2 Å². The van der Waals surface area contributed by atoms with Crippen LogP contribution in [-0.2, 0) is 9.59 Å². The minimum absolute atomic E-state index is 0.211. The maximum Gasteiger partial charge on any atom is 0.321 e. The smallest absolute Gasteiger partial charge is 0.321 e. The summed E-state index contributed by atoms with van der Waals surface area (Å²) in [6.07, 6.45) is 20.0. The molecule has 0 aliphatic carbocycles. The fraction of sp³-hybridized carbons (Fsp3) is 0.792. The average Bonchev–Trinajstić information content (AvgIpc) is 2.73. The summed E-state index contributed by atoms with van der Waals surface area (Å²) in [7, 11) is 0. The number of aliphatic carboxylic acids is 2. The predicted octanol–water partition coefficient (Wildman–Crippen LogP) is 5.87. The third kappa shape index (κ3) is 10.3. The molecule has 0 atom stereocenters. The van der Waals surface area contributed by atoms with E-state index < -0.39 is 17.4 Å². The van der Waals surface area contributed by atoms with E-state index in [1.54, 1.807) is 6.21 Å². The Morgan fingerprint density at radius 1 is 0.833 bits per heavy atom. The van der Waals surface area contributed by atoms with Crippen molar-refractivity contribution in [2.24, 2.45) is 10.4 Å². The highest BCUT2D eigenvalue weighted by Gasteiger charge is 2.45. The number of carbonyl (C=O) groups is 2. The summed E-state index contributed by atoms with van der Waals surface area (Å²) < 4.78 is 0. The van der Waals surface area contributed by atoms with Gasteiger partial charge in [0.2, 0.25) is 0 Å². The van der Waals surface area contributed by atoms with Gasteiger partial charge in [-0.25, -0.2) is 0 Å². The number of unbranched alkanes of at least 4 members (excludes halogenated alkanes) is 11. The van der Waals surface area contributed by atoms with Crippen molar-refractivity contribution < 1.29 is 19.8 Å². The number of hydrogen-bond acceptors (Lipinski definition) is 4. The fourth-order valence-electron chi connectivity index (χ4n) is 4.04. The van der Waals surface area contributed by atoms with Gasteiger partial charge in [-0.3, -0.25) is 14.6 Å². The Morgan fingerprint density at radius 2 is 1.33 bits per heavy atom. The van der Waals surface area contributed by atoms with Crippen LogP contribution in [0.15, 0.2) is 17.3 Å². The zero-order valence-electron chi connectivity index (χ0n) is 18.9. The van der Waals surface area contributed by atoms with E-state index in [1.807, 2.05) is 12.3 Å². The van der Waals surface area contributed by atoms with E-state index in [-0.39, 0.29) is 12.8 Å². The summed E-state index contributed by atoms with van der Waals surface area (Å²) in [6.45, 7) is 3.74. The van der Waals surface area contributed by atoms with Crippen LogP contribution in [0.4, 0.5) is 0 Å². The molecule has 0 saturated carbocycles. The van der Waals surface area contributed by atoms with Crippen LogP contribution in [0, 0.1) is 5.41 Å². The molecule has 1 aliphatic rings. The van der Waals surface area contributed by atoms with Crippen molar-refractivity contribution in [3.05, 3.63) is 12.3 Å². The summed E-state index contributed by atoms with van der Waals surface area (Å²) in [5.74, 6) is -2.36. The second kappa shape index (κ2) is 15.9. The zero-order valence-corrected chi connectivity index (χ0v) is 18.9. The number of carboxylic acid groups (broad SMARTS) is 2. The summed E-state index contributed by atoms with van der Waals surface area (Å²) in [5.41, 5.74) is -1.63. The molecule has 0 amide bonds. The van der Waals surface area contributed by atoms with Crippen molar-refractivity contribution in [3.63, 3.8) is 0 Å². The van der Waals surface area contributed by atoms with Crippen LogP contribution >= 0.6 is 0 Å². The highest BCUT2D eigenvalue weighted by atomic mass is 16.4. The second-order valence-corrected chi connectivity index (χ2v) is 8.56. The van der Waals surface area contributed by atoms with Gasteiger partial charge in [0.1, 0.15) is 6.67 Å². The highest BCUT2D eigenvalue weighted by molar-refractivity contribution is 5.98. The number of allylic oxidation sites excluding steroid dienone is 1. The van der Waals surface area contributed by atoms with Crippen molar-refractivity contribution in [2.75, 3.05) is 13.2 Å². The molecular formula is C24H42N2O4. The van der Waals surface area contributed by atoms with Gasteiger partial charge >= 0.3 is 11.9 Å². The van der Waals surface area contributed by atoms with Gasteiger partial charge in [0.15, 0.2) is 5.41 Å². The van der Waals surface area contributed by atoms with E-state index in [2.05, 4.69) is 16.8 Å². The molecule has 6 nitrogen and oxygen atoms in total. The molecule has 0 aromatic carbocycles. The van der Waals surface area contributed by atoms with Crippen LogP contribution in [0.2, 0.25) is 0 Å². The van der Waals surface area contributed by atoms with E-state index in [0.717, 1.165) is 38.6 Å². The summed E-state index contributed by atoms with van der Waals surface area (Å²) in [6, 6.07) is 0. The molecule has 6 heteroatoms. The van der Waals surface area contributed by atoms with Gasteiger partial charge < -0.3 is 15.1 Å². The molecule has 1 aliphatic heterocycles. The third-order valence-corrected chi connectivity index (χ3v) is 6.08. The van der Waals surface area contributed by atoms with Crippen LogP contribution in [0.25, 0.3) is 0 Å². The van der Waals surface area contributed by atoms with Gasteiger partial charge in [0.05, 0.1) is 0 Å². The highest BCUT2D eigenvalue weighted by Crippen LogP contribution is 2.33. The Hall–Kier alpha value is -1.85. The molecule has 1 heterocycles. The van der Waals surface area contributed by atoms with E-state index in [1.165, 1.54) is 38.5 Å². The first-order chi connectivity index (χ1) is 14.5. The van der Waals surface area contributed by atoms with Gasteiger partial charge in [-0.05, 0) is 25.3 Å². The molecule has 0 unspecified atom stereocenters. The maximum absolute atomic E-state index is 11.9. The van der Waals surface area contributed by atoms with Crippen LogP contribution < -0.4 is 0 Å². The Kier molecular flexibility index (Phi) is 13.9. The van der Waals surface area contributed by atoms with Crippen molar-refractivity contribution in [2.45, 2.75) is 103 Å².